The summed E-state index contributed by atoms with van der Waals surface area (Å²) in [7, 11) is 3.45. The van der Waals surface area contributed by atoms with E-state index in [2.05, 4.69) is 15.4 Å². The van der Waals surface area contributed by atoms with Crippen molar-refractivity contribution in [2.75, 3.05) is 14.1 Å². The van der Waals surface area contributed by atoms with Crippen LogP contribution in [0.3, 0.4) is 0 Å². The van der Waals surface area contributed by atoms with Crippen LogP contribution in [-0.2, 0) is 0 Å². The lowest BCUT2D eigenvalue weighted by atomic mass is 10.5. The molecule has 0 aliphatic heterocycles. The lowest BCUT2D eigenvalue weighted by Gasteiger charge is -2.09. The van der Waals surface area contributed by atoms with Crippen LogP contribution in [0.1, 0.15) is 10.6 Å². The Morgan fingerprint density at radius 3 is 2.50 bits per heavy atom. The third-order valence-corrected chi connectivity index (χ3v) is 1.09. The van der Waals surface area contributed by atoms with Crippen molar-refractivity contribution in [2.24, 2.45) is 0 Å². The Morgan fingerprint density at radius 1 is 1.42 bits per heavy atom. The minimum atomic E-state index is -0.305. The van der Waals surface area contributed by atoms with Crippen LogP contribution in [0, 0.1) is 0 Å². The van der Waals surface area contributed by atoms with Crippen LogP contribution in [-0.4, -0.2) is 35.0 Å². The second-order valence-corrected chi connectivity index (χ2v) is 2.41. The van der Waals surface area contributed by atoms with Gasteiger partial charge in [-0.15, -0.1) is 0 Å². The minimum Gasteiger partial charge on any atom is -0.283 e. The predicted octanol–water partition coefficient (Wildman–Crippen LogP) is -0.317. The number of carbonyl (C=O) groups excluding carboxylic acids is 1. The fourth-order valence-corrected chi connectivity index (χ4v) is 0.669. The van der Waals surface area contributed by atoms with Crippen molar-refractivity contribution in [3.05, 3.63) is 24.3 Å². The van der Waals surface area contributed by atoms with E-state index in [1.165, 1.54) is 12.4 Å². The van der Waals surface area contributed by atoms with E-state index in [9.17, 15) is 4.79 Å². The summed E-state index contributed by atoms with van der Waals surface area (Å²) in [5, 5.41) is 1.54. The van der Waals surface area contributed by atoms with Gasteiger partial charge in [0.25, 0.3) is 0 Å². The monoisotopic (exact) mass is 166 g/mol. The van der Waals surface area contributed by atoms with E-state index in [4.69, 9.17) is 0 Å². The molecule has 1 amide bonds. The summed E-state index contributed by atoms with van der Waals surface area (Å²) in [6, 6.07) is 1.66. The zero-order valence-electron chi connectivity index (χ0n) is 6.98. The number of rotatable bonds is 2. The Hall–Kier alpha value is -1.49. The number of nitrogens with zero attached hydrogens (tertiary/aromatic N) is 3. The molecule has 1 aromatic heterocycles. The van der Waals surface area contributed by atoms with Crippen LogP contribution in [0.4, 0.5) is 0 Å². The van der Waals surface area contributed by atoms with Crippen molar-refractivity contribution in [1.82, 2.24) is 20.4 Å². The molecule has 1 aromatic rings. The van der Waals surface area contributed by atoms with Gasteiger partial charge in [0.15, 0.2) is 0 Å². The predicted molar refractivity (Wildman–Crippen MR) is 43.2 cm³/mol. The SMILES string of the molecule is CN(C)NC(=O)c1ncccn1. The van der Waals surface area contributed by atoms with E-state index >= 15 is 0 Å². The number of carbonyl (C=O) groups is 1. The quantitative estimate of drug-likeness (QED) is 0.612. The zero-order chi connectivity index (χ0) is 8.97. The van der Waals surface area contributed by atoms with E-state index in [1.54, 1.807) is 25.2 Å². The maximum absolute atomic E-state index is 11.2. The Bertz CT molecular complexity index is 259. The second-order valence-electron chi connectivity index (χ2n) is 2.41. The number of nitrogens with one attached hydrogen (secondary N) is 1. The Balaban J connectivity index is 2.66. The highest BCUT2D eigenvalue weighted by Crippen LogP contribution is 1.86. The molecule has 0 aliphatic rings. The first-order valence-corrected chi connectivity index (χ1v) is 3.45. The molecule has 12 heavy (non-hydrogen) atoms. The van der Waals surface area contributed by atoms with Crippen molar-refractivity contribution in [3.63, 3.8) is 0 Å². The topological polar surface area (TPSA) is 58.1 Å². The molecule has 0 aliphatic carbocycles. The highest BCUT2D eigenvalue weighted by Gasteiger charge is 2.06. The van der Waals surface area contributed by atoms with Crippen LogP contribution in [0.15, 0.2) is 18.5 Å². The Labute approximate surface area is 70.4 Å². The van der Waals surface area contributed by atoms with Crippen molar-refractivity contribution >= 4 is 5.91 Å². The molecular weight excluding hydrogens is 156 g/mol. The average Bonchev–Trinajstić information content (AvgIpc) is 2.05. The van der Waals surface area contributed by atoms with Gasteiger partial charge in [0.05, 0.1) is 0 Å². The van der Waals surface area contributed by atoms with Gasteiger partial charge >= 0.3 is 5.91 Å². The summed E-state index contributed by atoms with van der Waals surface area (Å²) in [5.41, 5.74) is 2.53. The molecule has 64 valence electrons. The van der Waals surface area contributed by atoms with Gasteiger partial charge in [-0.2, -0.15) is 0 Å². The molecule has 0 bridgehead atoms. The fraction of sp³-hybridized carbons (Fsp3) is 0.286. The number of aromatic nitrogens is 2. The van der Waals surface area contributed by atoms with E-state index in [1.807, 2.05) is 0 Å². The Kier molecular flexibility index (Phi) is 2.71. The zero-order valence-corrected chi connectivity index (χ0v) is 6.98. The third-order valence-electron chi connectivity index (χ3n) is 1.09. The van der Waals surface area contributed by atoms with E-state index in [0.717, 1.165) is 0 Å². The summed E-state index contributed by atoms with van der Waals surface area (Å²) in [6.07, 6.45) is 3.05. The van der Waals surface area contributed by atoms with Gasteiger partial charge in [-0.1, -0.05) is 0 Å². The highest BCUT2D eigenvalue weighted by atomic mass is 16.2. The number of hydrazine groups is 1. The molecule has 1 N–H and O–H groups in total. The first-order valence-electron chi connectivity index (χ1n) is 3.45. The molecular formula is C7H10N4O. The summed E-state index contributed by atoms with van der Waals surface area (Å²) in [4.78, 5) is 18.7. The molecule has 0 unspecified atom stereocenters. The molecule has 0 radical (unpaired) electrons. The van der Waals surface area contributed by atoms with Gasteiger partial charge in [0.2, 0.25) is 5.82 Å². The summed E-state index contributed by atoms with van der Waals surface area (Å²) in [6.45, 7) is 0. The molecule has 1 rings (SSSR count). The normalized spacial score (nSPS) is 9.92. The van der Waals surface area contributed by atoms with Gasteiger partial charge in [0.1, 0.15) is 0 Å². The minimum absolute atomic E-state index is 0.172. The van der Waals surface area contributed by atoms with Gasteiger partial charge in [-0.25, -0.2) is 15.0 Å². The van der Waals surface area contributed by atoms with Crippen LogP contribution in [0.2, 0.25) is 0 Å². The standard InChI is InChI=1S/C7H10N4O/c1-11(2)10-7(12)6-8-4-3-5-9-6/h3-5H,1-2H3,(H,10,12). The molecule has 0 atom stereocenters. The first kappa shape index (κ1) is 8.61. The lowest BCUT2D eigenvalue weighted by Crippen LogP contribution is -2.37. The summed E-state index contributed by atoms with van der Waals surface area (Å²) in [5.74, 6) is -0.133. The van der Waals surface area contributed by atoms with Crippen molar-refractivity contribution < 1.29 is 4.79 Å². The van der Waals surface area contributed by atoms with Gasteiger partial charge in [-0.05, 0) is 6.07 Å². The maximum atomic E-state index is 11.2. The van der Waals surface area contributed by atoms with Gasteiger partial charge in [-0.3, -0.25) is 10.2 Å². The van der Waals surface area contributed by atoms with Gasteiger partial charge in [0, 0.05) is 26.5 Å². The molecule has 0 saturated heterocycles. The number of hydrogen-bond acceptors (Lipinski definition) is 4. The van der Waals surface area contributed by atoms with Crippen LogP contribution < -0.4 is 5.43 Å². The molecule has 0 fully saturated rings. The third kappa shape index (κ3) is 2.28. The summed E-state index contributed by atoms with van der Waals surface area (Å²) < 4.78 is 0. The second kappa shape index (κ2) is 3.77. The number of amides is 1. The molecule has 0 aromatic carbocycles. The van der Waals surface area contributed by atoms with Crippen LogP contribution >= 0.6 is 0 Å². The molecule has 0 spiro atoms. The fourth-order valence-electron chi connectivity index (χ4n) is 0.669. The Morgan fingerprint density at radius 2 is 2.00 bits per heavy atom. The molecule has 1 heterocycles. The highest BCUT2D eigenvalue weighted by molar-refractivity contribution is 5.89. The van der Waals surface area contributed by atoms with Crippen molar-refractivity contribution in [3.8, 4) is 0 Å². The first-order chi connectivity index (χ1) is 5.70. The molecule has 5 heteroatoms. The molecule has 5 nitrogen and oxygen atoms in total. The van der Waals surface area contributed by atoms with E-state index in [-0.39, 0.29) is 11.7 Å². The summed E-state index contributed by atoms with van der Waals surface area (Å²) >= 11 is 0. The number of hydrogen-bond donors (Lipinski definition) is 1. The molecule has 0 saturated carbocycles. The smallest absolute Gasteiger partial charge is 0.283 e. The van der Waals surface area contributed by atoms with Crippen LogP contribution in [0.25, 0.3) is 0 Å². The van der Waals surface area contributed by atoms with Crippen molar-refractivity contribution in [1.29, 1.82) is 0 Å². The van der Waals surface area contributed by atoms with Crippen LogP contribution in [0.5, 0.6) is 0 Å². The van der Waals surface area contributed by atoms with E-state index in [0.29, 0.717) is 0 Å². The van der Waals surface area contributed by atoms with E-state index < -0.39 is 0 Å². The average molecular weight is 166 g/mol. The maximum Gasteiger partial charge on any atom is 0.303 e. The van der Waals surface area contributed by atoms with Gasteiger partial charge < -0.3 is 0 Å². The largest absolute Gasteiger partial charge is 0.303 e. The lowest BCUT2D eigenvalue weighted by molar-refractivity contribution is 0.0845. The van der Waals surface area contributed by atoms with Crippen molar-refractivity contribution in [2.45, 2.75) is 0 Å².